The fourth-order valence-corrected chi connectivity index (χ4v) is 3.58. The standard InChI is InChI=1S/C20H25N5O5S/c21-31(28,29)19-9-5-16(6-10-19)13-23-20(24-14-18-2-1-11-30-18)22-12-15-3-7-17(8-4-15)25(26)27/h3-10,18H,1-2,11-14H2,(H2,21,28,29)(H2,22,23,24). The summed E-state index contributed by atoms with van der Waals surface area (Å²) < 4.78 is 28.4. The van der Waals surface area contributed by atoms with Crippen molar-refractivity contribution >= 4 is 21.7 Å². The second kappa shape index (κ2) is 10.3. The molecule has 3 rings (SSSR count). The third kappa shape index (κ3) is 7.02. The summed E-state index contributed by atoms with van der Waals surface area (Å²) in [4.78, 5) is 15.0. The third-order valence-corrected chi connectivity index (χ3v) is 5.73. The predicted molar refractivity (Wildman–Crippen MR) is 116 cm³/mol. The number of benzene rings is 2. The summed E-state index contributed by atoms with van der Waals surface area (Å²) in [7, 11) is -3.73. The molecule has 0 bridgehead atoms. The van der Waals surface area contributed by atoms with E-state index in [1.165, 1.54) is 24.3 Å². The minimum Gasteiger partial charge on any atom is -0.376 e. The molecule has 10 nitrogen and oxygen atoms in total. The number of guanidine groups is 1. The molecule has 1 aliphatic heterocycles. The van der Waals surface area contributed by atoms with Crippen LogP contribution in [0, 0.1) is 10.1 Å². The van der Waals surface area contributed by atoms with Gasteiger partial charge in [0, 0.05) is 31.8 Å². The topological polar surface area (TPSA) is 149 Å². The first kappa shape index (κ1) is 22.7. The SMILES string of the molecule is NS(=O)(=O)c1ccc(CN=C(NCc2ccc([N+](=O)[O-])cc2)NCC2CCCO2)cc1. The Hall–Kier alpha value is -3.02. The number of non-ortho nitro benzene ring substituents is 1. The van der Waals surface area contributed by atoms with E-state index in [2.05, 4.69) is 15.6 Å². The lowest BCUT2D eigenvalue weighted by Gasteiger charge is -2.16. The summed E-state index contributed by atoms with van der Waals surface area (Å²) in [5.41, 5.74) is 1.73. The van der Waals surface area contributed by atoms with Crippen LogP contribution in [0.2, 0.25) is 0 Å². The van der Waals surface area contributed by atoms with Crippen molar-refractivity contribution in [1.29, 1.82) is 0 Å². The van der Waals surface area contributed by atoms with Gasteiger partial charge in [0.25, 0.3) is 5.69 Å². The number of nitrogens with zero attached hydrogens (tertiary/aromatic N) is 2. The molecule has 31 heavy (non-hydrogen) atoms. The lowest BCUT2D eigenvalue weighted by Crippen LogP contribution is -2.40. The molecule has 1 unspecified atom stereocenters. The maximum atomic E-state index is 11.4. The van der Waals surface area contributed by atoms with E-state index in [1.807, 2.05) is 0 Å². The first-order valence-electron chi connectivity index (χ1n) is 9.80. The predicted octanol–water partition coefficient (Wildman–Crippen LogP) is 1.66. The summed E-state index contributed by atoms with van der Waals surface area (Å²) in [5, 5.41) is 22.4. The number of hydrogen-bond acceptors (Lipinski definition) is 6. The van der Waals surface area contributed by atoms with Crippen LogP contribution in [-0.4, -0.2) is 38.6 Å². The van der Waals surface area contributed by atoms with Crippen LogP contribution in [0.15, 0.2) is 58.4 Å². The van der Waals surface area contributed by atoms with Gasteiger partial charge in [0.2, 0.25) is 10.0 Å². The van der Waals surface area contributed by atoms with E-state index in [-0.39, 0.29) is 16.7 Å². The molecule has 0 radical (unpaired) electrons. The zero-order valence-electron chi connectivity index (χ0n) is 16.9. The van der Waals surface area contributed by atoms with Crippen LogP contribution in [0.25, 0.3) is 0 Å². The second-order valence-electron chi connectivity index (χ2n) is 7.15. The first-order valence-corrected chi connectivity index (χ1v) is 11.3. The van der Waals surface area contributed by atoms with E-state index in [1.54, 1.807) is 24.3 Å². The highest BCUT2D eigenvalue weighted by molar-refractivity contribution is 7.89. The van der Waals surface area contributed by atoms with Crippen LogP contribution in [0.4, 0.5) is 5.69 Å². The molecule has 1 fully saturated rings. The average Bonchev–Trinajstić information content (AvgIpc) is 3.27. The van der Waals surface area contributed by atoms with E-state index in [4.69, 9.17) is 9.88 Å². The van der Waals surface area contributed by atoms with Crippen LogP contribution < -0.4 is 15.8 Å². The number of primary sulfonamides is 1. The van der Waals surface area contributed by atoms with Crippen molar-refractivity contribution in [2.45, 2.75) is 36.9 Å². The summed E-state index contributed by atoms with van der Waals surface area (Å²) in [5.74, 6) is 0.560. The van der Waals surface area contributed by atoms with Crippen molar-refractivity contribution in [2.75, 3.05) is 13.2 Å². The Balaban J connectivity index is 1.65. The van der Waals surface area contributed by atoms with Crippen LogP contribution >= 0.6 is 0 Å². The largest absolute Gasteiger partial charge is 0.376 e. The van der Waals surface area contributed by atoms with Crippen molar-refractivity contribution < 1.29 is 18.1 Å². The van der Waals surface area contributed by atoms with E-state index >= 15 is 0 Å². The Kier molecular flexibility index (Phi) is 7.55. The number of aliphatic imine (C=N–C) groups is 1. The van der Waals surface area contributed by atoms with E-state index in [9.17, 15) is 18.5 Å². The molecule has 1 saturated heterocycles. The summed E-state index contributed by atoms with van der Waals surface area (Å²) >= 11 is 0. The number of hydrogen-bond donors (Lipinski definition) is 3. The molecule has 0 aliphatic carbocycles. The van der Waals surface area contributed by atoms with Gasteiger partial charge in [-0.2, -0.15) is 0 Å². The number of rotatable bonds is 8. The summed E-state index contributed by atoms with van der Waals surface area (Å²) in [6.45, 7) is 2.12. The van der Waals surface area contributed by atoms with Gasteiger partial charge in [0.15, 0.2) is 5.96 Å². The van der Waals surface area contributed by atoms with Crippen LogP contribution in [-0.2, 0) is 27.8 Å². The van der Waals surface area contributed by atoms with Crippen LogP contribution in [0.3, 0.4) is 0 Å². The van der Waals surface area contributed by atoms with Crippen molar-refractivity contribution in [2.24, 2.45) is 10.1 Å². The van der Waals surface area contributed by atoms with Crippen molar-refractivity contribution in [3.05, 3.63) is 69.8 Å². The van der Waals surface area contributed by atoms with Gasteiger partial charge < -0.3 is 15.4 Å². The molecule has 0 amide bonds. The maximum Gasteiger partial charge on any atom is 0.269 e. The maximum absolute atomic E-state index is 11.4. The van der Waals surface area contributed by atoms with Crippen LogP contribution in [0.1, 0.15) is 24.0 Å². The monoisotopic (exact) mass is 447 g/mol. The summed E-state index contributed by atoms with van der Waals surface area (Å²) in [6.07, 6.45) is 2.14. The Morgan fingerprint density at radius 3 is 2.39 bits per heavy atom. The molecule has 1 heterocycles. The van der Waals surface area contributed by atoms with Gasteiger partial charge in [0.1, 0.15) is 0 Å². The molecular formula is C20H25N5O5S. The van der Waals surface area contributed by atoms with Crippen molar-refractivity contribution in [3.63, 3.8) is 0 Å². The number of sulfonamides is 1. The van der Waals surface area contributed by atoms with E-state index in [0.717, 1.165) is 30.6 Å². The molecule has 2 aromatic carbocycles. The lowest BCUT2D eigenvalue weighted by molar-refractivity contribution is -0.384. The molecule has 4 N–H and O–H groups in total. The summed E-state index contributed by atoms with van der Waals surface area (Å²) in [6, 6.07) is 12.5. The highest BCUT2D eigenvalue weighted by Crippen LogP contribution is 2.13. The smallest absolute Gasteiger partial charge is 0.269 e. The third-order valence-electron chi connectivity index (χ3n) is 4.80. The molecule has 0 spiro atoms. The normalized spacial score (nSPS) is 16.8. The number of ether oxygens (including phenoxy) is 1. The van der Waals surface area contributed by atoms with Crippen molar-refractivity contribution in [3.8, 4) is 0 Å². The van der Waals surface area contributed by atoms with Gasteiger partial charge in [-0.05, 0) is 36.1 Å². The highest BCUT2D eigenvalue weighted by atomic mass is 32.2. The first-order chi connectivity index (χ1) is 14.8. The Labute approximate surface area is 180 Å². The molecule has 1 aliphatic rings. The van der Waals surface area contributed by atoms with Crippen LogP contribution in [0.5, 0.6) is 0 Å². The Bertz CT molecular complexity index is 1020. The zero-order chi connectivity index (χ0) is 22.3. The minimum atomic E-state index is -3.73. The second-order valence-corrected chi connectivity index (χ2v) is 8.71. The number of nitro benzene ring substituents is 1. The fourth-order valence-electron chi connectivity index (χ4n) is 3.07. The number of nitrogens with one attached hydrogen (secondary N) is 2. The highest BCUT2D eigenvalue weighted by Gasteiger charge is 2.15. The lowest BCUT2D eigenvalue weighted by atomic mass is 10.2. The minimum absolute atomic E-state index is 0.0390. The quantitative estimate of drug-likeness (QED) is 0.241. The number of nitro groups is 1. The molecule has 0 aromatic heterocycles. The zero-order valence-corrected chi connectivity index (χ0v) is 17.7. The van der Waals surface area contributed by atoms with Gasteiger partial charge in [-0.3, -0.25) is 10.1 Å². The van der Waals surface area contributed by atoms with Gasteiger partial charge >= 0.3 is 0 Å². The van der Waals surface area contributed by atoms with Gasteiger partial charge in [-0.1, -0.05) is 24.3 Å². The van der Waals surface area contributed by atoms with E-state index in [0.29, 0.717) is 25.6 Å². The molecule has 2 aromatic rings. The average molecular weight is 448 g/mol. The van der Waals surface area contributed by atoms with Crippen molar-refractivity contribution in [1.82, 2.24) is 10.6 Å². The Morgan fingerprint density at radius 1 is 1.13 bits per heavy atom. The van der Waals surface area contributed by atoms with Gasteiger partial charge in [0.05, 0.1) is 22.5 Å². The molecule has 11 heteroatoms. The van der Waals surface area contributed by atoms with Gasteiger partial charge in [-0.15, -0.1) is 0 Å². The molecular weight excluding hydrogens is 422 g/mol. The molecule has 0 saturated carbocycles. The fraction of sp³-hybridized carbons (Fsp3) is 0.350. The van der Waals surface area contributed by atoms with Gasteiger partial charge in [-0.25, -0.2) is 18.5 Å². The molecule has 166 valence electrons. The number of nitrogens with two attached hydrogens (primary N) is 1. The Morgan fingerprint density at radius 2 is 1.81 bits per heavy atom. The van der Waals surface area contributed by atoms with E-state index < -0.39 is 14.9 Å². The molecule has 1 atom stereocenters.